The van der Waals surface area contributed by atoms with Crippen LogP contribution in [0.3, 0.4) is 0 Å². The van der Waals surface area contributed by atoms with E-state index in [0.29, 0.717) is 11.3 Å². The van der Waals surface area contributed by atoms with E-state index in [2.05, 4.69) is 4.98 Å². The second kappa shape index (κ2) is 4.86. The van der Waals surface area contributed by atoms with Crippen molar-refractivity contribution in [1.82, 2.24) is 4.98 Å². The number of nitrogens with two attached hydrogens (primary N) is 1. The molecule has 0 saturated heterocycles. The number of nitriles is 1. The monoisotopic (exact) mass is 255 g/mol. The van der Waals surface area contributed by atoms with Crippen molar-refractivity contribution >= 4 is 5.91 Å². The Morgan fingerprint density at radius 1 is 1.37 bits per heavy atom. The highest BCUT2D eigenvalue weighted by Crippen LogP contribution is 2.27. The van der Waals surface area contributed by atoms with Gasteiger partial charge >= 0.3 is 0 Å². The maximum absolute atomic E-state index is 13.8. The number of carbonyl (C=O) groups excluding carboxylic acids is 1. The summed E-state index contributed by atoms with van der Waals surface area (Å²) in [5.74, 6) is -1.19. The van der Waals surface area contributed by atoms with Crippen molar-refractivity contribution < 1.29 is 9.18 Å². The van der Waals surface area contributed by atoms with Crippen molar-refractivity contribution in [2.24, 2.45) is 5.73 Å². The SMILES string of the molecule is Cc1nc(C(N)=O)cc(-c2ccccc2F)c1C#N. The van der Waals surface area contributed by atoms with Crippen LogP contribution in [-0.4, -0.2) is 10.9 Å². The normalized spacial score (nSPS) is 9.95. The molecule has 0 atom stereocenters. The smallest absolute Gasteiger partial charge is 0.267 e. The van der Waals surface area contributed by atoms with Crippen LogP contribution in [0.4, 0.5) is 4.39 Å². The first-order valence-electron chi connectivity index (χ1n) is 5.51. The summed E-state index contributed by atoms with van der Waals surface area (Å²) in [7, 11) is 0. The third kappa shape index (κ3) is 2.29. The molecule has 0 spiro atoms. The van der Waals surface area contributed by atoms with E-state index in [1.165, 1.54) is 18.2 Å². The standard InChI is InChI=1S/C14H10FN3O/c1-8-11(7-16)10(6-13(18-8)14(17)19)9-4-2-3-5-12(9)15/h2-6H,1H3,(H2,17,19). The van der Waals surface area contributed by atoms with E-state index in [-0.39, 0.29) is 16.8 Å². The van der Waals surface area contributed by atoms with Gasteiger partial charge in [0, 0.05) is 11.1 Å². The van der Waals surface area contributed by atoms with Crippen LogP contribution in [0.5, 0.6) is 0 Å². The maximum Gasteiger partial charge on any atom is 0.267 e. The number of benzene rings is 1. The highest BCUT2D eigenvalue weighted by atomic mass is 19.1. The summed E-state index contributed by atoms with van der Waals surface area (Å²) < 4.78 is 13.8. The van der Waals surface area contributed by atoms with Gasteiger partial charge in [-0.05, 0) is 19.1 Å². The van der Waals surface area contributed by atoms with Crippen molar-refractivity contribution in [2.75, 3.05) is 0 Å². The van der Waals surface area contributed by atoms with E-state index >= 15 is 0 Å². The van der Waals surface area contributed by atoms with Gasteiger partial charge in [0.25, 0.3) is 5.91 Å². The number of hydrogen-bond donors (Lipinski definition) is 1. The number of primary amides is 1. The molecule has 4 nitrogen and oxygen atoms in total. The van der Waals surface area contributed by atoms with Gasteiger partial charge in [-0.25, -0.2) is 9.37 Å². The zero-order valence-electron chi connectivity index (χ0n) is 10.1. The lowest BCUT2D eigenvalue weighted by molar-refractivity contribution is 0.0995. The third-order valence-corrected chi connectivity index (χ3v) is 2.73. The van der Waals surface area contributed by atoms with Crippen LogP contribution in [0.1, 0.15) is 21.7 Å². The molecule has 0 aliphatic heterocycles. The summed E-state index contributed by atoms with van der Waals surface area (Å²) in [4.78, 5) is 15.1. The average Bonchev–Trinajstić information content (AvgIpc) is 2.38. The molecular weight excluding hydrogens is 245 g/mol. The lowest BCUT2D eigenvalue weighted by atomic mass is 9.98. The van der Waals surface area contributed by atoms with Gasteiger partial charge in [-0.1, -0.05) is 18.2 Å². The molecule has 0 aliphatic carbocycles. The van der Waals surface area contributed by atoms with Gasteiger partial charge in [0.05, 0.1) is 11.3 Å². The molecule has 19 heavy (non-hydrogen) atoms. The van der Waals surface area contributed by atoms with E-state index in [4.69, 9.17) is 11.0 Å². The molecule has 0 radical (unpaired) electrons. The molecule has 1 heterocycles. The molecule has 0 aliphatic rings. The van der Waals surface area contributed by atoms with Crippen LogP contribution in [0, 0.1) is 24.1 Å². The average molecular weight is 255 g/mol. The quantitative estimate of drug-likeness (QED) is 0.892. The van der Waals surface area contributed by atoms with Crippen molar-refractivity contribution in [2.45, 2.75) is 6.92 Å². The second-order valence-corrected chi connectivity index (χ2v) is 3.97. The zero-order chi connectivity index (χ0) is 14.0. The summed E-state index contributed by atoms with van der Waals surface area (Å²) in [5.41, 5.74) is 6.33. The maximum atomic E-state index is 13.8. The van der Waals surface area contributed by atoms with Gasteiger partial charge in [-0.2, -0.15) is 5.26 Å². The first kappa shape index (κ1) is 12.7. The molecule has 2 aromatic rings. The number of hydrogen-bond acceptors (Lipinski definition) is 3. The predicted octanol–water partition coefficient (Wildman–Crippen LogP) is 2.17. The largest absolute Gasteiger partial charge is 0.364 e. The Morgan fingerprint density at radius 3 is 2.63 bits per heavy atom. The summed E-state index contributed by atoms with van der Waals surface area (Å²) in [5, 5.41) is 9.15. The second-order valence-electron chi connectivity index (χ2n) is 3.97. The minimum absolute atomic E-state index is 0.00903. The number of amides is 1. The number of rotatable bonds is 2. The van der Waals surface area contributed by atoms with Crippen molar-refractivity contribution in [3.63, 3.8) is 0 Å². The van der Waals surface area contributed by atoms with Crippen LogP contribution in [0.25, 0.3) is 11.1 Å². The van der Waals surface area contributed by atoms with Crippen LogP contribution < -0.4 is 5.73 Å². The first-order chi connectivity index (χ1) is 9.04. The van der Waals surface area contributed by atoms with E-state index < -0.39 is 11.7 Å². The fraction of sp³-hybridized carbons (Fsp3) is 0.0714. The summed E-state index contributed by atoms with van der Waals surface area (Å²) in [6, 6.07) is 9.34. The van der Waals surface area contributed by atoms with Crippen LogP contribution in [0.15, 0.2) is 30.3 Å². The number of pyridine rings is 1. The zero-order valence-corrected chi connectivity index (χ0v) is 10.1. The molecule has 0 saturated carbocycles. The molecule has 1 aromatic carbocycles. The molecule has 1 amide bonds. The highest BCUT2D eigenvalue weighted by molar-refractivity contribution is 5.93. The Morgan fingerprint density at radius 2 is 2.05 bits per heavy atom. The summed E-state index contributed by atoms with van der Waals surface area (Å²) in [6.07, 6.45) is 0. The van der Waals surface area contributed by atoms with E-state index in [1.807, 2.05) is 6.07 Å². The van der Waals surface area contributed by atoms with Gasteiger partial charge < -0.3 is 5.73 Å². The molecule has 2 N–H and O–H groups in total. The molecule has 0 fully saturated rings. The predicted molar refractivity (Wildman–Crippen MR) is 67.6 cm³/mol. The van der Waals surface area contributed by atoms with Crippen molar-refractivity contribution in [3.8, 4) is 17.2 Å². The third-order valence-electron chi connectivity index (χ3n) is 2.73. The minimum atomic E-state index is -0.717. The molecule has 0 unspecified atom stereocenters. The molecule has 0 bridgehead atoms. The molecule has 5 heteroatoms. The highest BCUT2D eigenvalue weighted by Gasteiger charge is 2.16. The number of carbonyl (C=O) groups is 1. The number of aromatic nitrogens is 1. The molecule has 1 aromatic heterocycles. The number of aryl methyl sites for hydroxylation is 1. The topological polar surface area (TPSA) is 79.8 Å². The van der Waals surface area contributed by atoms with Gasteiger partial charge in [-0.15, -0.1) is 0 Å². The lowest BCUT2D eigenvalue weighted by Crippen LogP contribution is -2.14. The first-order valence-corrected chi connectivity index (χ1v) is 5.51. The van der Waals surface area contributed by atoms with Crippen LogP contribution in [0.2, 0.25) is 0 Å². The Hall–Kier alpha value is -2.74. The number of halogens is 1. The summed E-state index contributed by atoms with van der Waals surface area (Å²) >= 11 is 0. The molecular formula is C14H10FN3O. The van der Waals surface area contributed by atoms with Gasteiger partial charge in [0.1, 0.15) is 17.6 Å². The van der Waals surface area contributed by atoms with Crippen molar-refractivity contribution in [1.29, 1.82) is 5.26 Å². The van der Waals surface area contributed by atoms with Gasteiger partial charge in [0.15, 0.2) is 0 Å². The fourth-order valence-electron chi connectivity index (χ4n) is 1.83. The van der Waals surface area contributed by atoms with E-state index in [9.17, 15) is 9.18 Å². The Bertz CT molecular complexity index is 704. The van der Waals surface area contributed by atoms with Gasteiger partial charge in [-0.3, -0.25) is 4.79 Å². The van der Waals surface area contributed by atoms with Crippen LogP contribution >= 0.6 is 0 Å². The van der Waals surface area contributed by atoms with E-state index in [0.717, 1.165) is 0 Å². The summed E-state index contributed by atoms with van der Waals surface area (Å²) in [6.45, 7) is 1.58. The Labute approximate surface area is 109 Å². The molecule has 2 rings (SSSR count). The number of nitrogens with zero attached hydrogens (tertiary/aromatic N) is 2. The van der Waals surface area contributed by atoms with Crippen molar-refractivity contribution in [3.05, 3.63) is 53.1 Å². The minimum Gasteiger partial charge on any atom is -0.364 e. The van der Waals surface area contributed by atoms with Crippen LogP contribution in [-0.2, 0) is 0 Å². The fourth-order valence-corrected chi connectivity index (χ4v) is 1.83. The lowest BCUT2D eigenvalue weighted by Gasteiger charge is -2.09. The van der Waals surface area contributed by atoms with Gasteiger partial charge in [0.2, 0.25) is 0 Å². The molecule has 94 valence electrons. The van der Waals surface area contributed by atoms with E-state index in [1.54, 1.807) is 19.1 Å². The Kier molecular flexibility index (Phi) is 3.25. The Balaban J connectivity index is 2.79.